The number of rotatable bonds is 7. The van der Waals surface area contributed by atoms with Crippen LogP contribution < -0.4 is 0 Å². The van der Waals surface area contributed by atoms with E-state index in [1.807, 2.05) is 54.6 Å². The van der Waals surface area contributed by atoms with E-state index in [2.05, 4.69) is 17.3 Å². The van der Waals surface area contributed by atoms with Crippen molar-refractivity contribution in [3.8, 4) is 11.1 Å². The van der Waals surface area contributed by atoms with Gasteiger partial charge in [0.05, 0.1) is 6.10 Å². The van der Waals surface area contributed by atoms with Crippen molar-refractivity contribution in [2.75, 3.05) is 0 Å². The minimum Gasteiger partial charge on any atom is -0.458 e. The number of hydrogen-bond acceptors (Lipinski definition) is 5. The maximum atomic E-state index is 13.2. The van der Waals surface area contributed by atoms with Gasteiger partial charge in [-0.15, -0.1) is 0 Å². The molecule has 0 saturated heterocycles. The van der Waals surface area contributed by atoms with Gasteiger partial charge in [-0.3, -0.25) is 4.79 Å². The Morgan fingerprint density at radius 1 is 0.818 bits per heavy atom. The number of nitrogens with zero attached hydrogens (tertiary/aromatic N) is 1. The summed E-state index contributed by atoms with van der Waals surface area (Å²) in [6.45, 7) is 3.47. The first-order chi connectivity index (χ1) is 16.0. The number of benzene rings is 3. The average Bonchev–Trinajstić information content (AvgIpc) is 3.27. The van der Waals surface area contributed by atoms with E-state index in [4.69, 9.17) is 9.26 Å². The normalized spacial score (nSPS) is 11.1. The number of esters is 1. The van der Waals surface area contributed by atoms with Gasteiger partial charge in [0.2, 0.25) is 5.69 Å². The zero-order valence-electron chi connectivity index (χ0n) is 18.4. The van der Waals surface area contributed by atoms with Crippen molar-refractivity contribution in [3.63, 3.8) is 0 Å². The van der Waals surface area contributed by atoms with E-state index in [1.165, 1.54) is 0 Å². The standard InChI is InChI=1S/C28H23NO4/c1-19(2)32-28(31)26-25(27(30)23-11-7-4-8-12-23)24(33-29-26)18-15-20-13-16-22(17-14-20)21-9-5-3-6-10-21/h3-19H,1-2H3/b18-15+. The summed E-state index contributed by atoms with van der Waals surface area (Å²) >= 11 is 0. The quantitative estimate of drug-likeness (QED) is 0.250. The number of hydrogen-bond donors (Lipinski definition) is 0. The van der Waals surface area contributed by atoms with E-state index in [-0.39, 0.29) is 28.9 Å². The van der Waals surface area contributed by atoms with Crippen LogP contribution in [0.15, 0.2) is 89.5 Å². The topological polar surface area (TPSA) is 69.4 Å². The Balaban J connectivity index is 1.65. The zero-order chi connectivity index (χ0) is 23.2. The second-order valence-corrected chi connectivity index (χ2v) is 7.74. The minimum atomic E-state index is -0.695. The van der Waals surface area contributed by atoms with Crippen molar-refractivity contribution in [3.05, 3.63) is 113 Å². The lowest BCUT2D eigenvalue weighted by Crippen LogP contribution is -2.16. The third kappa shape index (κ3) is 5.15. The van der Waals surface area contributed by atoms with Crippen molar-refractivity contribution >= 4 is 23.9 Å². The number of ketones is 1. The lowest BCUT2D eigenvalue weighted by molar-refractivity contribution is 0.0364. The fraction of sp³-hybridized carbons (Fsp3) is 0.107. The summed E-state index contributed by atoms with van der Waals surface area (Å²) in [6.07, 6.45) is 3.11. The van der Waals surface area contributed by atoms with Crippen molar-refractivity contribution in [2.24, 2.45) is 0 Å². The van der Waals surface area contributed by atoms with E-state index >= 15 is 0 Å². The Hall–Kier alpha value is -4.25. The summed E-state index contributed by atoms with van der Waals surface area (Å²) in [5.74, 6) is -0.849. The fourth-order valence-electron chi connectivity index (χ4n) is 3.37. The van der Waals surface area contributed by atoms with Gasteiger partial charge in [0.15, 0.2) is 11.5 Å². The van der Waals surface area contributed by atoms with Crippen LogP contribution in [0.3, 0.4) is 0 Å². The van der Waals surface area contributed by atoms with Gasteiger partial charge in [-0.2, -0.15) is 0 Å². The molecule has 0 N–H and O–H groups in total. The van der Waals surface area contributed by atoms with Crippen LogP contribution in [-0.4, -0.2) is 23.0 Å². The molecule has 4 rings (SSSR count). The van der Waals surface area contributed by atoms with Gasteiger partial charge in [-0.05, 0) is 36.6 Å². The van der Waals surface area contributed by atoms with Crippen LogP contribution in [0.4, 0.5) is 0 Å². The Morgan fingerprint density at radius 2 is 1.42 bits per heavy atom. The molecular formula is C28H23NO4. The van der Waals surface area contributed by atoms with E-state index < -0.39 is 5.97 Å². The molecule has 1 heterocycles. The molecule has 3 aromatic carbocycles. The average molecular weight is 437 g/mol. The minimum absolute atomic E-state index is 0.0870. The van der Waals surface area contributed by atoms with Gasteiger partial charge in [0.25, 0.3) is 0 Å². The van der Waals surface area contributed by atoms with Gasteiger partial charge in [-0.1, -0.05) is 96.2 Å². The van der Waals surface area contributed by atoms with Crippen LogP contribution in [0.1, 0.15) is 51.6 Å². The Labute approximate surface area is 192 Å². The number of carbonyl (C=O) groups excluding carboxylic acids is 2. The van der Waals surface area contributed by atoms with Gasteiger partial charge in [-0.25, -0.2) is 4.79 Å². The third-order valence-electron chi connectivity index (χ3n) is 4.96. The smallest absolute Gasteiger partial charge is 0.361 e. The molecule has 0 amide bonds. The highest BCUT2D eigenvalue weighted by atomic mass is 16.5. The number of aromatic nitrogens is 1. The first kappa shape index (κ1) is 22.0. The lowest BCUT2D eigenvalue weighted by Gasteiger charge is -2.07. The van der Waals surface area contributed by atoms with Crippen LogP contribution in [-0.2, 0) is 4.74 Å². The van der Waals surface area contributed by atoms with Crippen molar-refractivity contribution in [1.82, 2.24) is 5.16 Å². The first-order valence-corrected chi connectivity index (χ1v) is 10.7. The van der Waals surface area contributed by atoms with Crippen LogP contribution in [0.5, 0.6) is 0 Å². The van der Waals surface area contributed by atoms with E-state index in [0.717, 1.165) is 16.7 Å². The summed E-state index contributed by atoms with van der Waals surface area (Å²) in [5, 5.41) is 3.86. The molecule has 0 bridgehead atoms. The Kier molecular flexibility index (Phi) is 6.60. The third-order valence-corrected chi connectivity index (χ3v) is 4.96. The first-order valence-electron chi connectivity index (χ1n) is 10.7. The van der Waals surface area contributed by atoms with Crippen molar-refractivity contribution in [2.45, 2.75) is 20.0 Å². The highest BCUT2D eigenvalue weighted by Crippen LogP contribution is 2.24. The molecule has 0 unspecified atom stereocenters. The molecule has 0 radical (unpaired) electrons. The second-order valence-electron chi connectivity index (χ2n) is 7.74. The van der Waals surface area contributed by atoms with Gasteiger partial charge in [0.1, 0.15) is 5.56 Å². The maximum Gasteiger partial charge on any atom is 0.361 e. The molecular weight excluding hydrogens is 414 g/mol. The molecule has 33 heavy (non-hydrogen) atoms. The fourth-order valence-corrected chi connectivity index (χ4v) is 3.37. The van der Waals surface area contributed by atoms with Gasteiger partial charge >= 0.3 is 5.97 Å². The van der Waals surface area contributed by atoms with Crippen molar-refractivity contribution < 1.29 is 18.8 Å². The van der Waals surface area contributed by atoms with Gasteiger partial charge in [0, 0.05) is 5.56 Å². The number of carbonyl (C=O) groups is 2. The Bertz CT molecular complexity index is 1270. The molecule has 0 saturated carbocycles. The molecule has 0 spiro atoms. The maximum absolute atomic E-state index is 13.2. The lowest BCUT2D eigenvalue weighted by atomic mass is 10.0. The summed E-state index contributed by atoms with van der Waals surface area (Å²) < 4.78 is 10.7. The van der Waals surface area contributed by atoms with Gasteiger partial charge < -0.3 is 9.26 Å². The molecule has 1 aromatic heterocycles. The SMILES string of the molecule is CC(C)OC(=O)c1noc(/C=C/c2ccc(-c3ccccc3)cc2)c1C(=O)c1ccccc1. The van der Waals surface area contributed by atoms with Crippen molar-refractivity contribution in [1.29, 1.82) is 0 Å². The predicted molar refractivity (Wildman–Crippen MR) is 128 cm³/mol. The predicted octanol–water partition coefficient (Wildman–Crippen LogP) is 6.31. The summed E-state index contributed by atoms with van der Waals surface area (Å²) in [4.78, 5) is 25.8. The molecule has 4 aromatic rings. The number of ether oxygens (including phenoxy) is 1. The highest BCUT2D eigenvalue weighted by Gasteiger charge is 2.28. The molecule has 0 fully saturated rings. The van der Waals surface area contributed by atoms with Crippen LogP contribution >= 0.6 is 0 Å². The highest BCUT2D eigenvalue weighted by molar-refractivity contribution is 6.15. The molecule has 0 aliphatic rings. The van der Waals surface area contributed by atoms with Crippen LogP contribution in [0.25, 0.3) is 23.3 Å². The van der Waals surface area contributed by atoms with E-state index in [9.17, 15) is 9.59 Å². The Morgan fingerprint density at radius 3 is 2.06 bits per heavy atom. The zero-order valence-corrected chi connectivity index (χ0v) is 18.4. The summed E-state index contributed by atoms with van der Waals surface area (Å²) in [7, 11) is 0. The molecule has 0 aliphatic heterocycles. The molecule has 5 heteroatoms. The molecule has 0 aliphatic carbocycles. The molecule has 0 atom stereocenters. The van der Waals surface area contributed by atoms with Crippen LogP contribution in [0, 0.1) is 0 Å². The molecule has 5 nitrogen and oxygen atoms in total. The van der Waals surface area contributed by atoms with E-state index in [1.54, 1.807) is 44.2 Å². The monoisotopic (exact) mass is 437 g/mol. The summed E-state index contributed by atoms with van der Waals surface area (Å²) in [5.41, 5.74) is 3.54. The second kappa shape index (κ2) is 9.92. The molecule has 164 valence electrons. The largest absolute Gasteiger partial charge is 0.458 e. The van der Waals surface area contributed by atoms with Crippen LogP contribution in [0.2, 0.25) is 0 Å². The van der Waals surface area contributed by atoms with E-state index in [0.29, 0.717) is 5.56 Å². The summed E-state index contributed by atoms with van der Waals surface area (Å²) in [6, 6.07) is 26.8.